The van der Waals surface area contributed by atoms with Crippen LogP contribution in [0.1, 0.15) is 12.7 Å². The van der Waals surface area contributed by atoms with E-state index in [4.69, 9.17) is 9.88 Å². The second-order valence-electron chi connectivity index (χ2n) is 2.64. The zero-order valence-corrected chi connectivity index (χ0v) is 8.78. The molecule has 14 heavy (non-hydrogen) atoms. The molecule has 1 heterocycles. The molecular formula is C6H12N4O3S. The van der Waals surface area contributed by atoms with Gasteiger partial charge in [0.05, 0.1) is 0 Å². The van der Waals surface area contributed by atoms with E-state index in [0.29, 0.717) is 12.4 Å². The number of hydrogen-bond donors (Lipinski definition) is 1. The molecule has 1 aromatic heterocycles. The molecule has 0 atom stereocenters. The molecule has 7 nitrogen and oxygen atoms in total. The average molecular weight is 220 g/mol. The van der Waals surface area contributed by atoms with Crippen LogP contribution in [0.25, 0.3) is 0 Å². The summed E-state index contributed by atoms with van der Waals surface area (Å²) in [5.41, 5.74) is 0. The number of hydrogen-bond acceptors (Lipinski definition) is 5. The topological polar surface area (TPSA) is 100 Å². The largest absolute Gasteiger partial charge is 0.374 e. The van der Waals surface area contributed by atoms with Crippen LogP contribution in [0.4, 0.5) is 0 Å². The van der Waals surface area contributed by atoms with Crippen LogP contribution in [0, 0.1) is 0 Å². The summed E-state index contributed by atoms with van der Waals surface area (Å²) in [7, 11) is -2.28. The summed E-state index contributed by atoms with van der Waals surface area (Å²) in [6.45, 7) is 2.57. The Morgan fingerprint density at radius 3 is 2.57 bits per heavy atom. The van der Waals surface area contributed by atoms with Crippen molar-refractivity contribution in [2.75, 3.05) is 6.61 Å². The summed E-state index contributed by atoms with van der Waals surface area (Å²) in [6.07, 6.45) is 0. The van der Waals surface area contributed by atoms with Crippen molar-refractivity contribution in [2.24, 2.45) is 12.2 Å². The minimum absolute atomic E-state index is 0.218. The standard InChI is InChI=1S/C6H12N4O3S/c1-3-13-4-5-8-9-6(10(5)2)14(7,11)12/h3-4H2,1-2H3,(H2,7,11,12). The van der Waals surface area contributed by atoms with Crippen LogP contribution in [0.15, 0.2) is 5.16 Å². The van der Waals surface area contributed by atoms with Crippen LogP contribution in [-0.4, -0.2) is 29.8 Å². The van der Waals surface area contributed by atoms with E-state index in [-0.39, 0.29) is 11.8 Å². The molecule has 0 aliphatic heterocycles. The van der Waals surface area contributed by atoms with Gasteiger partial charge in [0.1, 0.15) is 6.61 Å². The zero-order valence-electron chi connectivity index (χ0n) is 7.97. The molecule has 0 aliphatic rings. The van der Waals surface area contributed by atoms with Gasteiger partial charge in [0.2, 0.25) is 0 Å². The Morgan fingerprint density at radius 2 is 2.14 bits per heavy atom. The van der Waals surface area contributed by atoms with Crippen LogP contribution >= 0.6 is 0 Å². The maximum Gasteiger partial charge on any atom is 0.273 e. The van der Waals surface area contributed by atoms with Crippen molar-refractivity contribution in [3.63, 3.8) is 0 Å². The SMILES string of the molecule is CCOCc1nnc(S(N)(=O)=O)n1C. The number of aromatic nitrogens is 3. The molecule has 0 fully saturated rings. The smallest absolute Gasteiger partial charge is 0.273 e. The Balaban J connectivity index is 2.97. The summed E-state index contributed by atoms with van der Waals surface area (Å²) in [4.78, 5) is 0. The van der Waals surface area contributed by atoms with Crippen molar-refractivity contribution in [2.45, 2.75) is 18.7 Å². The summed E-state index contributed by atoms with van der Waals surface area (Å²) in [5.74, 6) is 0.427. The lowest BCUT2D eigenvalue weighted by Crippen LogP contribution is -2.18. The highest BCUT2D eigenvalue weighted by atomic mass is 32.2. The van der Waals surface area contributed by atoms with E-state index in [1.165, 1.54) is 11.6 Å². The van der Waals surface area contributed by atoms with Gasteiger partial charge >= 0.3 is 0 Å². The fourth-order valence-corrected chi connectivity index (χ4v) is 1.55. The molecule has 1 aromatic rings. The van der Waals surface area contributed by atoms with Crippen molar-refractivity contribution >= 4 is 10.0 Å². The highest BCUT2D eigenvalue weighted by Gasteiger charge is 2.18. The molecule has 80 valence electrons. The second kappa shape index (κ2) is 4.03. The number of nitrogens with zero attached hydrogens (tertiary/aromatic N) is 3. The van der Waals surface area contributed by atoms with E-state index in [1.54, 1.807) is 0 Å². The quantitative estimate of drug-likeness (QED) is 0.701. The Kier molecular flexibility index (Phi) is 3.19. The van der Waals surface area contributed by atoms with Gasteiger partial charge in [-0.05, 0) is 6.92 Å². The van der Waals surface area contributed by atoms with E-state index in [2.05, 4.69) is 10.2 Å². The summed E-state index contributed by atoms with van der Waals surface area (Å²) in [5, 5.41) is 11.8. The molecule has 2 N–H and O–H groups in total. The van der Waals surface area contributed by atoms with E-state index in [1.807, 2.05) is 6.92 Å². The van der Waals surface area contributed by atoms with Crippen LogP contribution in [0.3, 0.4) is 0 Å². The first kappa shape index (κ1) is 11.1. The second-order valence-corrected chi connectivity index (χ2v) is 4.10. The van der Waals surface area contributed by atoms with E-state index in [0.717, 1.165) is 0 Å². The number of sulfonamides is 1. The molecule has 0 saturated carbocycles. The minimum atomic E-state index is -3.80. The minimum Gasteiger partial charge on any atom is -0.374 e. The van der Waals surface area contributed by atoms with Gasteiger partial charge < -0.3 is 9.30 Å². The molecule has 0 unspecified atom stereocenters. The zero-order chi connectivity index (χ0) is 10.8. The number of rotatable bonds is 4. The fourth-order valence-electron chi connectivity index (χ4n) is 0.912. The number of ether oxygens (including phenoxy) is 1. The first-order valence-corrected chi connectivity index (χ1v) is 5.50. The lowest BCUT2D eigenvalue weighted by atomic mass is 10.6. The monoisotopic (exact) mass is 220 g/mol. The van der Waals surface area contributed by atoms with Crippen molar-refractivity contribution < 1.29 is 13.2 Å². The average Bonchev–Trinajstić information content (AvgIpc) is 2.42. The van der Waals surface area contributed by atoms with Gasteiger partial charge in [-0.15, -0.1) is 10.2 Å². The summed E-state index contributed by atoms with van der Waals surface area (Å²) >= 11 is 0. The molecule has 0 saturated heterocycles. The first-order chi connectivity index (χ1) is 6.46. The maximum absolute atomic E-state index is 11.0. The third kappa shape index (κ3) is 2.28. The van der Waals surface area contributed by atoms with Crippen molar-refractivity contribution in [3.8, 4) is 0 Å². The van der Waals surface area contributed by atoms with Crippen LogP contribution in [0.5, 0.6) is 0 Å². The molecule has 0 radical (unpaired) electrons. The van der Waals surface area contributed by atoms with E-state index >= 15 is 0 Å². The molecule has 0 aromatic carbocycles. The Bertz CT molecular complexity index is 411. The molecule has 8 heteroatoms. The predicted molar refractivity (Wildman–Crippen MR) is 47.7 cm³/mol. The molecule has 1 rings (SSSR count). The lowest BCUT2D eigenvalue weighted by Gasteiger charge is -2.01. The third-order valence-electron chi connectivity index (χ3n) is 1.61. The van der Waals surface area contributed by atoms with Crippen LogP contribution < -0.4 is 5.14 Å². The highest BCUT2D eigenvalue weighted by Crippen LogP contribution is 2.04. The summed E-state index contributed by atoms with van der Waals surface area (Å²) < 4.78 is 28.3. The van der Waals surface area contributed by atoms with Crippen molar-refractivity contribution in [1.82, 2.24) is 14.8 Å². The van der Waals surface area contributed by atoms with Gasteiger partial charge in [0.25, 0.3) is 15.2 Å². The third-order valence-corrected chi connectivity index (χ3v) is 2.48. The molecule has 0 amide bonds. The predicted octanol–water partition coefficient (Wildman–Crippen LogP) is -1.00. The Labute approximate surface area is 81.9 Å². The summed E-state index contributed by atoms with van der Waals surface area (Å²) in [6, 6.07) is 0. The Morgan fingerprint density at radius 1 is 1.50 bits per heavy atom. The van der Waals surface area contributed by atoms with Gasteiger partial charge in [-0.25, -0.2) is 13.6 Å². The molecular weight excluding hydrogens is 208 g/mol. The van der Waals surface area contributed by atoms with Gasteiger partial charge in [-0.1, -0.05) is 0 Å². The van der Waals surface area contributed by atoms with Gasteiger partial charge in [-0.2, -0.15) is 0 Å². The van der Waals surface area contributed by atoms with Gasteiger partial charge in [0, 0.05) is 13.7 Å². The van der Waals surface area contributed by atoms with Gasteiger partial charge in [-0.3, -0.25) is 0 Å². The number of primary sulfonamides is 1. The van der Waals surface area contributed by atoms with E-state index in [9.17, 15) is 8.42 Å². The van der Waals surface area contributed by atoms with Crippen LogP contribution in [-0.2, 0) is 28.4 Å². The normalized spacial score (nSPS) is 11.9. The van der Waals surface area contributed by atoms with Crippen molar-refractivity contribution in [3.05, 3.63) is 5.82 Å². The fraction of sp³-hybridized carbons (Fsp3) is 0.667. The maximum atomic E-state index is 11.0. The lowest BCUT2D eigenvalue weighted by molar-refractivity contribution is 0.125. The number of nitrogens with two attached hydrogens (primary N) is 1. The van der Waals surface area contributed by atoms with Crippen LogP contribution in [0.2, 0.25) is 0 Å². The highest BCUT2D eigenvalue weighted by molar-refractivity contribution is 7.89. The molecule has 0 spiro atoms. The molecule has 0 bridgehead atoms. The first-order valence-electron chi connectivity index (χ1n) is 3.95. The van der Waals surface area contributed by atoms with E-state index < -0.39 is 10.0 Å². The Hall–Kier alpha value is -0.990. The van der Waals surface area contributed by atoms with Gasteiger partial charge in [0.15, 0.2) is 5.82 Å². The van der Waals surface area contributed by atoms with Crippen molar-refractivity contribution in [1.29, 1.82) is 0 Å². The molecule has 0 aliphatic carbocycles.